The van der Waals surface area contributed by atoms with Gasteiger partial charge in [0.2, 0.25) is 0 Å². The third kappa shape index (κ3) is 4.30. The lowest BCUT2D eigenvalue weighted by atomic mass is 9.95. The molecule has 0 aromatic heterocycles. The zero-order valence-corrected chi connectivity index (χ0v) is 10.0. The Balaban J connectivity index is 2.73. The van der Waals surface area contributed by atoms with Crippen molar-refractivity contribution in [3.63, 3.8) is 0 Å². The molecule has 94 valence electrons. The van der Waals surface area contributed by atoms with E-state index >= 15 is 0 Å². The Morgan fingerprint density at radius 1 is 1.41 bits per heavy atom. The molecule has 1 N–H and O–H groups in total. The fraction of sp³-hybridized carbons (Fsp3) is 0.417. The van der Waals surface area contributed by atoms with Gasteiger partial charge in [-0.3, -0.25) is 4.79 Å². The summed E-state index contributed by atoms with van der Waals surface area (Å²) in [7, 11) is 0. The molecule has 0 fully saturated rings. The van der Waals surface area contributed by atoms with Crippen molar-refractivity contribution in [1.82, 2.24) is 0 Å². The SMILES string of the molecule is CC(CC(=O)O)CC(F)(F)c1ccc(Cl)cc1. The maximum absolute atomic E-state index is 13.8. The van der Waals surface area contributed by atoms with Gasteiger partial charge in [0.05, 0.1) is 0 Å². The molecule has 0 bridgehead atoms. The second kappa shape index (κ2) is 5.45. The number of carboxylic acid groups (broad SMARTS) is 1. The molecule has 17 heavy (non-hydrogen) atoms. The third-order valence-corrected chi connectivity index (χ3v) is 2.65. The lowest BCUT2D eigenvalue weighted by Crippen LogP contribution is -2.19. The lowest BCUT2D eigenvalue weighted by Gasteiger charge is -2.20. The lowest BCUT2D eigenvalue weighted by molar-refractivity contribution is -0.138. The zero-order valence-electron chi connectivity index (χ0n) is 9.29. The number of alkyl halides is 2. The highest BCUT2D eigenvalue weighted by Crippen LogP contribution is 2.35. The Morgan fingerprint density at radius 3 is 2.41 bits per heavy atom. The largest absolute Gasteiger partial charge is 0.481 e. The van der Waals surface area contributed by atoms with Crippen molar-refractivity contribution in [2.24, 2.45) is 5.92 Å². The van der Waals surface area contributed by atoms with Crippen LogP contribution in [0.25, 0.3) is 0 Å². The summed E-state index contributed by atoms with van der Waals surface area (Å²) in [6.07, 6.45) is -0.746. The molecular weight excluding hydrogens is 250 g/mol. The quantitative estimate of drug-likeness (QED) is 0.873. The minimum Gasteiger partial charge on any atom is -0.481 e. The Kier molecular flexibility index (Phi) is 4.46. The van der Waals surface area contributed by atoms with Crippen LogP contribution in [0.2, 0.25) is 5.02 Å². The third-order valence-electron chi connectivity index (χ3n) is 2.39. The van der Waals surface area contributed by atoms with Gasteiger partial charge in [-0.05, 0) is 18.1 Å². The highest BCUT2D eigenvalue weighted by Gasteiger charge is 2.33. The van der Waals surface area contributed by atoms with E-state index in [2.05, 4.69) is 0 Å². The number of hydrogen-bond acceptors (Lipinski definition) is 1. The normalized spacial score (nSPS) is 13.4. The first kappa shape index (κ1) is 13.9. The molecule has 0 amide bonds. The number of rotatable bonds is 5. The molecule has 1 atom stereocenters. The summed E-state index contributed by atoms with van der Waals surface area (Å²) in [6, 6.07) is 5.31. The first-order valence-corrected chi connectivity index (χ1v) is 5.54. The summed E-state index contributed by atoms with van der Waals surface area (Å²) >= 11 is 5.61. The van der Waals surface area contributed by atoms with E-state index in [1.165, 1.54) is 31.2 Å². The maximum atomic E-state index is 13.8. The van der Waals surface area contributed by atoms with Crippen molar-refractivity contribution >= 4 is 17.6 Å². The average molecular weight is 263 g/mol. The van der Waals surface area contributed by atoms with Crippen molar-refractivity contribution in [2.45, 2.75) is 25.7 Å². The van der Waals surface area contributed by atoms with Crippen molar-refractivity contribution in [3.05, 3.63) is 34.9 Å². The number of hydrogen-bond donors (Lipinski definition) is 1. The molecule has 0 radical (unpaired) electrons. The summed E-state index contributed by atoms with van der Waals surface area (Å²) in [6.45, 7) is 1.50. The van der Waals surface area contributed by atoms with Gasteiger partial charge >= 0.3 is 5.97 Å². The van der Waals surface area contributed by atoms with Crippen LogP contribution in [0, 0.1) is 5.92 Å². The molecule has 0 spiro atoms. The number of aliphatic carboxylic acids is 1. The minimum absolute atomic E-state index is 0.140. The second-order valence-corrected chi connectivity index (χ2v) is 4.55. The van der Waals surface area contributed by atoms with Crippen LogP contribution in [0.1, 0.15) is 25.3 Å². The average Bonchev–Trinajstić information content (AvgIpc) is 2.15. The molecule has 0 saturated heterocycles. The molecule has 0 aliphatic carbocycles. The van der Waals surface area contributed by atoms with Gasteiger partial charge in [0, 0.05) is 23.4 Å². The van der Waals surface area contributed by atoms with E-state index in [0.29, 0.717) is 5.02 Å². The minimum atomic E-state index is -3.03. The van der Waals surface area contributed by atoms with Crippen LogP contribution in [0.5, 0.6) is 0 Å². The summed E-state index contributed by atoms with van der Waals surface area (Å²) in [5.74, 6) is -4.68. The summed E-state index contributed by atoms with van der Waals surface area (Å²) in [4.78, 5) is 10.4. The zero-order chi connectivity index (χ0) is 13.1. The standard InChI is InChI=1S/C12H13ClF2O2/c1-8(6-11(16)17)7-12(14,15)9-2-4-10(13)5-3-9/h2-5,8H,6-7H2,1H3,(H,16,17). The summed E-state index contributed by atoms with van der Waals surface area (Å²) < 4.78 is 27.5. The Hall–Kier alpha value is -1.16. The van der Waals surface area contributed by atoms with E-state index in [4.69, 9.17) is 16.7 Å². The van der Waals surface area contributed by atoms with Gasteiger partial charge in [-0.1, -0.05) is 30.7 Å². The molecule has 0 saturated carbocycles. The highest BCUT2D eigenvalue weighted by molar-refractivity contribution is 6.30. The van der Waals surface area contributed by atoms with E-state index in [-0.39, 0.29) is 12.0 Å². The van der Waals surface area contributed by atoms with Crippen LogP contribution in [0.4, 0.5) is 8.78 Å². The molecule has 1 aromatic carbocycles. The molecule has 0 heterocycles. The van der Waals surface area contributed by atoms with Gasteiger partial charge in [0.25, 0.3) is 5.92 Å². The second-order valence-electron chi connectivity index (χ2n) is 4.12. The maximum Gasteiger partial charge on any atom is 0.303 e. The van der Waals surface area contributed by atoms with Crippen molar-refractivity contribution in [2.75, 3.05) is 0 Å². The number of halogens is 3. The number of benzene rings is 1. The Labute approximate surface area is 103 Å². The van der Waals surface area contributed by atoms with Crippen LogP contribution in [0.3, 0.4) is 0 Å². The van der Waals surface area contributed by atoms with Crippen LogP contribution < -0.4 is 0 Å². The molecule has 0 aliphatic heterocycles. The van der Waals surface area contributed by atoms with E-state index in [1.807, 2.05) is 0 Å². The van der Waals surface area contributed by atoms with E-state index in [1.54, 1.807) is 0 Å². The fourth-order valence-electron chi connectivity index (χ4n) is 1.62. The van der Waals surface area contributed by atoms with Crippen LogP contribution in [-0.4, -0.2) is 11.1 Å². The van der Waals surface area contributed by atoms with Gasteiger partial charge in [-0.2, -0.15) is 0 Å². The smallest absolute Gasteiger partial charge is 0.303 e. The molecule has 0 aliphatic rings. The van der Waals surface area contributed by atoms with Gasteiger partial charge in [0.1, 0.15) is 0 Å². The number of carboxylic acids is 1. The predicted octanol–water partition coefficient (Wildman–Crippen LogP) is 3.93. The van der Waals surface area contributed by atoms with Gasteiger partial charge < -0.3 is 5.11 Å². The molecular formula is C12H13ClF2O2. The van der Waals surface area contributed by atoms with Crippen molar-refractivity contribution in [3.8, 4) is 0 Å². The van der Waals surface area contributed by atoms with E-state index in [0.717, 1.165) is 0 Å². The highest BCUT2D eigenvalue weighted by atomic mass is 35.5. The molecule has 1 rings (SSSR count). The van der Waals surface area contributed by atoms with E-state index in [9.17, 15) is 13.6 Å². The fourth-order valence-corrected chi connectivity index (χ4v) is 1.75. The monoisotopic (exact) mass is 262 g/mol. The van der Waals surface area contributed by atoms with Crippen LogP contribution >= 0.6 is 11.6 Å². The topological polar surface area (TPSA) is 37.3 Å². The number of carbonyl (C=O) groups is 1. The summed E-state index contributed by atoms with van der Waals surface area (Å²) in [5.41, 5.74) is -0.140. The van der Waals surface area contributed by atoms with E-state index < -0.39 is 24.2 Å². The molecule has 5 heteroatoms. The van der Waals surface area contributed by atoms with Gasteiger partial charge in [-0.25, -0.2) is 8.78 Å². The first-order valence-electron chi connectivity index (χ1n) is 5.17. The Bertz CT molecular complexity index is 390. The first-order chi connectivity index (χ1) is 7.81. The van der Waals surface area contributed by atoms with Crippen LogP contribution in [0.15, 0.2) is 24.3 Å². The van der Waals surface area contributed by atoms with Crippen LogP contribution in [-0.2, 0) is 10.7 Å². The predicted molar refractivity (Wildman–Crippen MR) is 61.4 cm³/mol. The molecule has 1 unspecified atom stereocenters. The van der Waals surface area contributed by atoms with Gasteiger partial charge in [0.15, 0.2) is 0 Å². The van der Waals surface area contributed by atoms with Crippen molar-refractivity contribution < 1.29 is 18.7 Å². The molecule has 2 nitrogen and oxygen atoms in total. The Morgan fingerprint density at radius 2 is 1.94 bits per heavy atom. The van der Waals surface area contributed by atoms with Crippen molar-refractivity contribution in [1.29, 1.82) is 0 Å². The molecule has 1 aromatic rings. The summed E-state index contributed by atoms with van der Waals surface area (Å²) in [5, 5.41) is 8.92. The van der Waals surface area contributed by atoms with Gasteiger partial charge in [-0.15, -0.1) is 0 Å².